The third-order valence-corrected chi connectivity index (χ3v) is 5.80. The average Bonchev–Trinajstić information content (AvgIpc) is 3.10. The summed E-state index contributed by atoms with van der Waals surface area (Å²) in [5.74, 6) is 2.16. The molecule has 1 aliphatic heterocycles. The molecular weight excluding hydrogens is 386 g/mol. The molecule has 0 N–H and O–H groups in total. The van der Waals surface area contributed by atoms with E-state index in [9.17, 15) is 0 Å². The van der Waals surface area contributed by atoms with Crippen molar-refractivity contribution in [3.8, 4) is 11.6 Å². The van der Waals surface area contributed by atoms with Crippen molar-refractivity contribution in [2.24, 2.45) is 0 Å². The lowest BCUT2D eigenvalue weighted by atomic mass is 10.2. The lowest BCUT2D eigenvalue weighted by Crippen LogP contribution is -2.44. The van der Waals surface area contributed by atoms with E-state index >= 15 is 0 Å². The predicted octanol–water partition coefficient (Wildman–Crippen LogP) is 4.16. The van der Waals surface area contributed by atoms with E-state index in [0.29, 0.717) is 36.2 Å². The number of pyridine rings is 1. The molecule has 3 aromatic rings. The van der Waals surface area contributed by atoms with Gasteiger partial charge in [0.05, 0.1) is 36.1 Å². The second-order valence-corrected chi connectivity index (χ2v) is 7.56. The maximum atomic E-state index is 6.50. The van der Waals surface area contributed by atoms with Crippen molar-refractivity contribution < 1.29 is 14.2 Å². The molecule has 8 heteroatoms. The maximum Gasteiger partial charge on any atom is 0.252 e. The Hall–Kier alpha value is -2.09. The maximum absolute atomic E-state index is 6.50. The molecule has 0 amide bonds. The molecule has 0 spiro atoms. The number of hydrogen-bond acceptors (Lipinski definition) is 7. The highest BCUT2D eigenvalue weighted by Gasteiger charge is 2.23. The first kappa shape index (κ1) is 18.3. The number of fused-ring (bicyclic) bond motifs is 1. The van der Waals surface area contributed by atoms with Gasteiger partial charge in [-0.05, 0) is 36.2 Å². The molecule has 1 atom stereocenters. The molecule has 2 aromatic heterocycles. The lowest BCUT2D eigenvalue weighted by Gasteiger charge is -2.34. The number of rotatable bonds is 5. The van der Waals surface area contributed by atoms with Gasteiger partial charge in [-0.25, -0.2) is 4.98 Å². The number of methoxy groups -OCH3 is 1. The van der Waals surface area contributed by atoms with Crippen LogP contribution in [0.5, 0.6) is 11.6 Å². The van der Waals surface area contributed by atoms with Crippen LogP contribution in [0, 0.1) is 0 Å². The fourth-order valence-corrected chi connectivity index (χ4v) is 4.00. The molecule has 0 bridgehead atoms. The quantitative estimate of drug-likeness (QED) is 0.635. The Morgan fingerprint density at radius 3 is 2.89 bits per heavy atom. The Kier molecular flexibility index (Phi) is 5.33. The molecule has 1 aliphatic rings. The van der Waals surface area contributed by atoms with Gasteiger partial charge in [-0.3, -0.25) is 0 Å². The lowest BCUT2D eigenvalue weighted by molar-refractivity contribution is 0.0985. The number of nitrogens with zero attached hydrogens (tertiary/aromatic N) is 3. The van der Waals surface area contributed by atoms with Gasteiger partial charge in [0.1, 0.15) is 23.7 Å². The molecule has 3 heterocycles. The molecule has 1 aromatic carbocycles. The van der Waals surface area contributed by atoms with Crippen LogP contribution in [0.15, 0.2) is 30.3 Å². The molecule has 4 rings (SSSR count). The molecule has 1 unspecified atom stereocenters. The van der Waals surface area contributed by atoms with Gasteiger partial charge in [-0.1, -0.05) is 23.7 Å². The summed E-state index contributed by atoms with van der Waals surface area (Å²) in [6, 6.07) is 9.89. The Morgan fingerprint density at radius 1 is 1.33 bits per heavy atom. The fourth-order valence-electron chi connectivity index (χ4n) is 3.03. The molecule has 142 valence electrons. The number of anilines is 1. The summed E-state index contributed by atoms with van der Waals surface area (Å²) in [7, 11) is 1.65. The first-order valence-electron chi connectivity index (χ1n) is 8.71. The normalized spacial score (nSPS) is 17.3. The van der Waals surface area contributed by atoms with Crippen LogP contribution < -0.4 is 14.4 Å². The van der Waals surface area contributed by atoms with Crippen LogP contribution >= 0.6 is 23.1 Å². The first-order chi connectivity index (χ1) is 13.2. The van der Waals surface area contributed by atoms with Gasteiger partial charge in [0.25, 0.3) is 5.88 Å². The zero-order valence-electron chi connectivity index (χ0n) is 15.1. The van der Waals surface area contributed by atoms with Crippen molar-refractivity contribution in [3.63, 3.8) is 0 Å². The largest absolute Gasteiger partial charge is 0.497 e. The monoisotopic (exact) mass is 405 g/mol. The summed E-state index contributed by atoms with van der Waals surface area (Å²) < 4.78 is 21.9. The zero-order chi connectivity index (χ0) is 18.8. The summed E-state index contributed by atoms with van der Waals surface area (Å²) >= 11 is 7.80. The van der Waals surface area contributed by atoms with Gasteiger partial charge >= 0.3 is 0 Å². The standard InChI is InChI=1S/C19H20ClN3O3S/c1-12-10-25-8-7-23(12)16-9-15(20)18-17(21-16)19(22-27-18)26-11-13-3-5-14(24-2)6-4-13/h3-6,9,12H,7-8,10-11H2,1-2H3. The summed E-state index contributed by atoms with van der Waals surface area (Å²) in [6.07, 6.45) is 0. The topological polar surface area (TPSA) is 56.7 Å². The molecule has 1 saturated heterocycles. The van der Waals surface area contributed by atoms with Gasteiger partial charge in [0.15, 0.2) is 0 Å². The second-order valence-electron chi connectivity index (χ2n) is 6.38. The highest BCUT2D eigenvalue weighted by molar-refractivity contribution is 7.14. The van der Waals surface area contributed by atoms with Crippen LogP contribution in [-0.2, 0) is 11.3 Å². The predicted molar refractivity (Wildman–Crippen MR) is 107 cm³/mol. The minimum atomic E-state index is 0.245. The third kappa shape index (κ3) is 3.81. The Bertz CT molecular complexity index is 932. The molecule has 6 nitrogen and oxygen atoms in total. The third-order valence-electron chi connectivity index (χ3n) is 4.53. The van der Waals surface area contributed by atoms with E-state index in [1.807, 2.05) is 30.3 Å². The van der Waals surface area contributed by atoms with Gasteiger partial charge in [-0.15, -0.1) is 0 Å². The Labute approximate surface area is 166 Å². The van der Waals surface area contributed by atoms with Gasteiger partial charge in [-0.2, -0.15) is 4.37 Å². The van der Waals surface area contributed by atoms with Gasteiger partial charge < -0.3 is 19.1 Å². The second kappa shape index (κ2) is 7.88. The van der Waals surface area contributed by atoms with Gasteiger partial charge in [0, 0.05) is 12.6 Å². The molecule has 0 aliphatic carbocycles. The summed E-state index contributed by atoms with van der Waals surface area (Å²) in [5, 5.41) is 0.644. The van der Waals surface area contributed by atoms with E-state index in [2.05, 4.69) is 16.2 Å². The van der Waals surface area contributed by atoms with Crippen LogP contribution in [0.1, 0.15) is 12.5 Å². The molecular formula is C19H20ClN3O3S. The van der Waals surface area contributed by atoms with Crippen molar-refractivity contribution in [2.45, 2.75) is 19.6 Å². The van der Waals surface area contributed by atoms with Crippen molar-refractivity contribution >= 4 is 39.2 Å². The first-order valence-corrected chi connectivity index (χ1v) is 9.87. The Balaban J connectivity index is 1.59. The number of hydrogen-bond donors (Lipinski definition) is 0. The minimum Gasteiger partial charge on any atom is -0.497 e. The van der Waals surface area contributed by atoms with Crippen molar-refractivity contribution in [1.29, 1.82) is 0 Å². The minimum absolute atomic E-state index is 0.245. The molecule has 27 heavy (non-hydrogen) atoms. The van der Waals surface area contributed by atoms with E-state index in [0.717, 1.165) is 28.4 Å². The highest BCUT2D eigenvalue weighted by Crippen LogP contribution is 2.36. The number of halogens is 1. The number of benzene rings is 1. The molecule has 0 saturated carbocycles. The van der Waals surface area contributed by atoms with E-state index in [1.54, 1.807) is 7.11 Å². The van der Waals surface area contributed by atoms with E-state index in [1.165, 1.54) is 11.5 Å². The van der Waals surface area contributed by atoms with E-state index < -0.39 is 0 Å². The summed E-state index contributed by atoms with van der Waals surface area (Å²) in [5.41, 5.74) is 1.73. The van der Waals surface area contributed by atoms with Crippen LogP contribution in [0.25, 0.3) is 10.2 Å². The SMILES string of the molecule is COc1ccc(COc2nsc3c(Cl)cc(N4CCOCC4C)nc23)cc1. The van der Waals surface area contributed by atoms with E-state index in [-0.39, 0.29) is 6.04 Å². The van der Waals surface area contributed by atoms with Gasteiger partial charge in [0.2, 0.25) is 0 Å². The average molecular weight is 406 g/mol. The zero-order valence-corrected chi connectivity index (χ0v) is 16.7. The van der Waals surface area contributed by atoms with Crippen LogP contribution in [0.3, 0.4) is 0 Å². The van der Waals surface area contributed by atoms with Crippen LogP contribution in [0.4, 0.5) is 5.82 Å². The smallest absolute Gasteiger partial charge is 0.252 e. The van der Waals surface area contributed by atoms with Crippen molar-refractivity contribution in [2.75, 3.05) is 31.8 Å². The Morgan fingerprint density at radius 2 is 2.15 bits per heavy atom. The number of aromatic nitrogens is 2. The fraction of sp³-hybridized carbons (Fsp3) is 0.368. The molecule has 1 fully saturated rings. The van der Waals surface area contributed by atoms with E-state index in [4.69, 9.17) is 30.8 Å². The van der Waals surface area contributed by atoms with Crippen molar-refractivity contribution in [1.82, 2.24) is 9.36 Å². The highest BCUT2D eigenvalue weighted by atomic mass is 35.5. The molecule has 0 radical (unpaired) electrons. The summed E-state index contributed by atoms with van der Waals surface area (Å²) in [4.78, 5) is 7.01. The van der Waals surface area contributed by atoms with Crippen LogP contribution in [0.2, 0.25) is 5.02 Å². The summed E-state index contributed by atoms with van der Waals surface area (Å²) in [6.45, 7) is 4.67. The van der Waals surface area contributed by atoms with Crippen LogP contribution in [-0.4, -0.2) is 42.3 Å². The number of morpholine rings is 1. The van der Waals surface area contributed by atoms with Crippen molar-refractivity contribution in [3.05, 3.63) is 40.9 Å². The number of ether oxygens (including phenoxy) is 3.